The minimum atomic E-state index is -3.35. The number of sulfonamides is 1. The lowest BCUT2D eigenvalue weighted by atomic mass is 10.2. The van der Waals surface area contributed by atoms with Gasteiger partial charge < -0.3 is 9.64 Å². The van der Waals surface area contributed by atoms with E-state index >= 15 is 0 Å². The highest BCUT2D eigenvalue weighted by atomic mass is 32.2. The Morgan fingerprint density at radius 2 is 1.62 bits per heavy atom. The van der Waals surface area contributed by atoms with Gasteiger partial charge in [0, 0.05) is 24.5 Å². The van der Waals surface area contributed by atoms with E-state index in [2.05, 4.69) is 9.62 Å². The van der Waals surface area contributed by atoms with Crippen molar-refractivity contribution in [1.29, 1.82) is 0 Å². The third kappa shape index (κ3) is 4.72. The highest BCUT2D eigenvalue weighted by Crippen LogP contribution is 2.20. The van der Waals surface area contributed by atoms with E-state index in [9.17, 15) is 8.42 Å². The molecule has 1 aliphatic rings. The molecule has 1 saturated heterocycles. The molecule has 0 aromatic heterocycles. The van der Waals surface area contributed by atoms with Crippen molar-refractivity contribution in [3.63, 3.8) is 0 Å². The molecule has 1 heterocycles. The second kappa shape index (κ2) is 7.68. The average molecular weight is 346 g/mol. The van der Waals surface area contributed by atoms with Crippen molar-refractivity contribution in [2.45, 2.75) is 6.42 Å². The largest absolute Gasteiger partial charge is 0.378 e. The first-order valence-corrected chi connectivity index (χ1v) is 9.75. The summed E-state index contributed by atoms with van der Waals surface area (Å²) >= 11 is 0. The lowest BCUT2D eigenvalue weighted by Gasteiger charge is -2.28. The lowest BCUT2D eigenvalue weighted by Crippen LogP contribution is -2.36. The van der Waals surface area contributed by atoms with E-state index in [0.29, 0.717) is 12.1 Å². The van der Waals surface area contributed by atoms with Crippen LogP contribution in [0, 0.1) is 0 Å². The highest BCUT2D eigenvalue weighted by Gasteiger charge is 2.13. The van der Waals surface area contributed by atoms with Gasteiger partial charge in [-0.05, 0) is 36.2 Å². The Morgan fingerprint density at radius 3 is 2.29 bits per heavy atom. The van der Waals surface area contributed by atoms with Crippen molar-refractivity contribution in [2.75, 3.05) is 41.7 Å². The van der Waals surface area contributed by atoms with Crippen LogP contribution in [-0.4, -0.2) is 40.5 Å². The molecule has 0 radical (unpaired) electrons. The third-order valence-electron chi connectivity index (χ3n) is 4.02. The van der Waals surface area contributed by atoms with Gasteiger partial charge in [-0.3, -0.25) is 4.72 Å². The Kier molecular flexibility index (Phi) is 5.37. The number of morpholine rings is 1. The smallest absolute Gasteiger partial charge is 0.233 e. The van der Waals surface area contributed by atoms with E-state index in [1.807, 2.05) is 54.6 Å². The predicted molar refractivity (Wildman–Crippen MR) is 97.0 cm³/mol. The van der Waals surface area contributed by atoms with Crippen molar-refractivity contribution >= 4 is 21.4 Å². The minimum Gasteiger partial charge on any atom is -0.378 e. The number of nitrogens with zero attached hydrogens (tertiary/aromatic N) is 1. The zero-order valence-corrected chi connectivity index (χ0v) is 14.3. The van der Waals surface area contributed by atoms with E-state index in [0.717, 1.165) is 37.6 Å². The van der Waals surface area contributed by atoms with Gasteiger partial charge in [0.05, 0.1) is 19.0 Å². The summed E-state index contributed by atoms with van der Waals surface area (Å²) < 4.78 is 32.4. The zero-order valence-electron chi connectivity index (χ0n) is 13.5. The number of benzene rings is 2. The molecule has 0 amide bonds. The van der Waals surface area contributed by atoms with E-state index in [4.69, 9.17) is 4.74 Å². The van der Waals surface area contributed by atoms with E-state index in [1.165, 1.54) is 0 Å². The first-order chi connectivity index (χ1) is 11.6. The van der Waals surface area contributed by atoms with Crippen LogP contribution in [0.25, 0.3) is 0 Å². The third-order valence-corrected chi connectivity index (χ3v) is 5.31. The fourth-order valence-corrected chi connectivity index (χ4v) is 3.79. The van der Waals surface area contributed by atoms with Crippen LogP contribution in [-0.2, 0) is 21.2 Å². The van der Waals surface area contributed by atoms with Crippen LogP contribution < -0.4 is 9.62 Å². The van der Waals surface area contributed by atoms with Gasteiger partial charge in [-0.15, -0.1) is 0 Å². The minimum absolute atomic E-state index is 0.0717. The van der Waals surface area contributed by atoms with Gasteiger partial charge in [0.15, 0.2) is 0 Å². The summed E-state index contributed by atoms with van der Waals surface area (Å²) in [6.07, 6.45) is 0.502. The van der Waals surface area contributed by atoms with E-state index < -0.39 is 10.0 Å². The zero-order chi connectivity index (χ0) is 16.8. The van der Waals surface area contributed by atoms with Crippen molar-refractivity contribution in [2.24, 2.45) is 0 Å². The molecule has 1 aliphatic heterocycles. The Morgan fingerprint density at radius 1 is 0.958 bits per heavy atom. The van der Waals surface area contributed by atoms with Crippen molar-refractivity contribution < 1.29 is 13.2 Å². The second-order valence-electron chi connectivity index (χ2n) is 5.80. The molecule has 1 fully saturated rings. The summed E-state index contributed by atoms with van der Waals surface area (Å²) in [5.41, 5.74) is 2.70. The Bertz CT molecular complexity index is 740. The van der Waals surface area contributed by atoms with E-state index in [-0.39, 0.29) is 5.75 Å². The first-order valence-electron chi connectivity index (χ1n) is 8.10. The summed E-state index contributed by atoms with van der Waals surface area (Å²) in [6, 6.07) is 17.1. The fourth-order valence-electron chi connectivity index (χ4n) is 2.69. The molecule has 0 unspecified atom stereocenters. The molecule has 1 N–H and O–H groups in total. The molecule has 0 atom stereocenters. The number of nitrogens with one attached hydrogen (secondary N) is 1. The van der Waals surface area contributed by atoms with Gasteiger partial charge >= 0.3 is 0 Å². The molecule has 0 saturated carbocycles. The van der Waals surface area contributed by atoms with Crippen LogP contribution in [0.1, 0.15) is 5.56 Å². The van der Waals surface area contributed by atoms with Crippen molar-refractivity contribution in [1.82, 2.24) is 0 Å². The van der Waals surface area contributed by atoms with Crippen LogP contribution in [0.2, 0.25) is 0 Å². The van der Waals surface area contributed by atoms with Crippen LogP contribution in [0.5, 0.6) is 0 Å². The number of hydrogen-bond donors (Lipinski definition) is 1. The number of anilines is 2. The van der Waals surface area contributed by atoms with Crippen molar-refractivity contribution in [3.05, 3.63) is 60.2 Å². The van der Waals surface area contributed by atoms with Crippen LogP contribution in [0.4, 0.5) is 11.4 Å². The number of rotatable bonds is 6. The summed E-state index contributed by atoms with van der Waals surface area (Å²) in [5.74, 6) is 0.0717. The van der Waals surface area contributed by atoms with Gasteiger partial charge in [0.1, 0.15) is 0 Å². The van der Waals surface area contributed by atoms with E-state index in [1.54, 1.807) is 0 Å². The fraction of sp³-hybridized carbons (Fsp3) is 0.333. The topological polar surface area (TPSA) is 58.6 Å². The number of hydrogen-bond acceptors (Lipinski definition) is 4. The maximum atomic E-state index is 12.2. The van der Waals surface area contributed by atoms with Crippen molar-refractivity contribution in [3.8, 4) is 0 Å². The maximum absolute atomic E-state index is 12.2. The molecule has 6 heteroatoms. The molecule has 0 aliphatic carbocycles. The molecule has 0 spiro atoms. The predicted octanol–water partition coefficient (Wildman–Crippen LogP) is 2.51. The van der Waals surface area contributed by atoms with Crippen LogP contribution in [0.3, 0.4) is 0 Å². The average Bonchev–Trinajstić information content (AvgIpc) is 2.62. The van der Waals surface area contributed by atoms with Gasteiger partial charge in [0.2, 0.25) is 10.0 Å². The molecule has 0 bridgehead atoms. The Balaban J connectivity index is 1.58. The quantitative estimate of drug-likeness (QED) is 0.873. The molecular formula is C18H22N2O3S. The summed E-state index contributed by atoms with van der Waals surface area (Å²) in [6.45, 7) is 3.19. The van der Waals surface area contributed by atoms with Gasteiger partial charge in [-0.1, -0.05) is 30.3 Å². The molecule has 2 aromatic carbocycles. The van der Waals surface area contributed by atoms with Gasteiger partial charge in [-0.25, -0.2) is 8.42 Å². The second-order valence-corrected chi connectivity index (χ2v) is 7.64. The van der Waals surface area contributed by atoms with Gasteiger partial charge in [0.25, 0.3) is 0 Å². The Hall–Kier alpha value is -2.05. The molecule has 3 rings (SSSR count). The van der Waals surface area contributed by atoms with Crippen LogP contribution in [0.15, 0.2) is 54.6 Å². The molecule has 5 nitrogen and oxygen atoms in total. The Labute approximate surface area is 143 Å². The normalized spacial score (nSPS) is 15.2. The SMILES string of the molecule is O=S(=O)(CCc1ccccc1)Nc1ccc(N2CCOCC2)cc1. The highest BCUT2D eigenvalue weighted by molar-refractivity contribution is 7.92. The van der Waals surface area contributed by atoms with Crippen LogP contribution >= 0.6 is 0 Å². The number of aryl methyl sites for hydroxylation is 1. The number of ether oxygens (including phenoxy) is 1. The first kappa shape index (κ1) is 16.8. The molecule has 2 aromatic rings. The maximum Gasteiger partial charge on any atom is 0.233 e. The monoisotopic (exact) mass is 346 g/mol. The summed E-state index contributed by atoms with van der Waals surface area (Å²) in [4.78, 5) is 2.23. The molecular weight excluding hydrogens is 324 g/mol. The lowest BCUT2D eigenvalue weighted by molar-refractivity contribution is 0.122. The molecule has 24 heavy (non-hydrogen) atoms. The van der Waals surface area contributed by atoms with Gasteiger partial charge in [-0.2, -0.15) is 0 Å². The molecule has 128 valence electrons. The summed E-state index contributed by atoms with van der Waals surface area (Å²) in [5, 5.41) is 0. The summed E-state index contributed by atoms with van der Waals surface area (Å²) in [7, 11) is -3.35. The standard InChI is InChI=1S/C18H22N2O3S/c21-24(22,15-10-16-4-2-1-3-5-16)19-17-6-8-18(9-7-17)20-11-13-23-14-12-20/h1-9,19H,10-15H2.